The Labute approximate surface area is 188 Å². The summed E-state index contributed by atoms with van der Waals surface area (Å²) in [5.41, 5.74) is 6.53. The van der Waals surface area contributed by atoms with Crippen molar-refractivity contribution in [1.82, 2.24) is 10.3 Å². The number of nitrogens with one attached hydrogen (secondary N) is 1. The standard InChI is InChI=1S/C23H26N4O4S/c24-22(29)23-10-14-7-16(11-23)20(17(8-14)12-23)26-21(28)15-3-1-4-18(9-15)27(32(30)31)19-5-2-6-25-13-19/h1-6,9,13-14,16-17,20,32H,7-8,10-12H2,(H2,24,29)(H,26,28). The third-order valence-electron chi connectivity index (χ3n) is 7.50. The highest BCUT2D eigenvalue weighted by Crippen LogP contribution is 2.59. The zero-order valence-electron chi connectivity index (χ0n) is 17.5. The third kappa shape index (κ3) is 3.54. The fourth-order valence-corrected chi connectivity index (χ4v) is 7.01. The van der Waals surface area contributed by atoms with Crippen molar-refractivity contribution in [3.05, 3.63) is 54.4 Å². The van der Waals surface area contributed by atoms with Crippen LogP contribution in [0.5, 0.6) is 0 Å². The fraction of sp³-hybridized carbons (Fsp3) is 0.435. The van der Waals surface area contributed by atoms with Gasteiger partial charge in [0.25, 0.3) is 5.91 Å². The molecule has 9 heteroatoms. The van der Waals surface area contributed by atoms with E-state index in [4.69, 9.17) is 5.73 Å². The van der Waals surface area contributed by atoms with E-state index < -0.39 is 16.3 Å². The summed E-state index contributed by atoms with van der Waals surface area (Å²) in [6.45, 7) is 0. The summed E-state index contributed by atoms with van der Waals surface area (Å²) in [4.78, 5) is 29.3. The number of rotatable bonds is 6. The smallest absolute Gasteiger partial charge is 0.251 e. The molecule has 1 aromatic heterocycles. The Balaban J connectivity index is 1.37. The molecule has 2 aromatic rings. The number of anilines is 2. The molecule has 4 aliphatic rings. The SMILES string of the molecule is NC(=O)C12CC3CC(C1)C(NC(=O)c1cccc(N(c4cccnc4)[SH](=O)=O)c1)C(C3)C2. The van der Waals surface area contributed by atoms with Crippen molar-refractivity contribution in [2.45, 2.75) is 38.1 Å². The number of hydrogen-bond donors (Lipinski definition) is 3. The molecule has 4 saturated carbocycles. The van der Waals surface area contributed by atoms with E-state index in [-0.39, 0.29) is 29.7 Å². The van der Waals surface area contributed by atoms with Gasteiger partial charge in [-0.1, -0.05) is 6.07 Å². The van der Waals surface area contributed by atoms with Crippen LogP contribution < -0.4 is 15.4 Å². The fourth-order valence-electron chi connectivity index (χ4n) is 6.39. The first-order chi connectivity index (χ1) is 15.4. The summed E-state index contributed by atoms with van der Waals surface area (Å²) in [5, 5.41) is 3.20. The van der Waals surface area contributed by atoms with Crippen molar-refractivity contribution in [2.75, 3.05) is 4.31 Å². The topological polar surface area (TPSA) is 122 Å². The Morgan fingerprint density at radius 2 is 1.78 bits per heavy atom. The minimum Gasteiger partial charge on any atom is -0.369 e. The summed E-state index contributed by atoms with van der Waals surface area (Å²) in [7, 11) is -2.97. The highest BCUT2D eigenvalue weighted by molar-refractivity contribution is 7.74. The maximum Gasteiger partial charge on any atom is 0.251 e. The van der Waals surface area contributed by atoms with E-state index in [0.717, 1.165) is 36.4 Å². The van der Waals surface area contributed by atoms with Crippen molar-refractivity contribution in [1.29, 1.82) is 0 Å². The summed E-state index contributed by atoms with van der Waals surface area (Å²) in [6, 6.07) is 9.89. The molecule has 2 amide bonds. The number of benzene rings is 1. The molecule has 4 bridgehead atoms. The molecular formula is C23H26N4O4S. The van der Waals surface area contributed by atoms with Crippen LogP contribution in [0.25, 0.3) is 0 Å². The van der Waals surface area contributed by atoms with E-state index in [9.17, 15) is 18.0 Å². The number of carbonyl (C=O) groups is 2. The second-order valence-corrected chi connectivity index (χ2v) is 10.3. The highest BCUT2D eigenvalue weighted by atomic mass is 32.2. The van der Waals surface area contributed by atoms with Crippen LogP contribution in [0.2, 0.25) is 0 Å². The van der Waals surface area contributed by atoms with Crippen LogP contribution in [0.3, 0.4) is 0 Å². The molecule has 1 aromatic carbocycles. The molecule has 4 fully saturated rings. The van der Waals surface area contributed by atoms with Gasteiger partial charge in [0.15, 0.2) is 0 Å². The molecule has 6 rings (SSSR count). The molecule has 4 aliphatic carbocycles. The first kappa shape index (κ1) is 20.9. The molecule has 0 spiro atoms. The van der Waals surface area contributed by atoms with Crippen LogP contribution >= 0.6 is 0 Å². The summed E-state index contributed by atoms with van der Waals surface area (Å²) in [6.07, 6.45) is 7.43. The molecule has 8 nitrogen and oxygen atoms in total. The molecule has 32 heavy (non-hydrogen) atoms. The molecule has 0 aliphatic heterocycles. The van der Waals surface area contributed by atoms with E-state index in [2.05, 4.69) is 10.3 Å². The van der Waals surface area contributed by atoms with Crippen LogP contribution in [-0.4, -0.2) is 31.3 Å². The van der Waals surface area contributed by atoms with Crippen LogP contribution in [0.4, 0.5) is 11.4 Å². The van der Waals surface area contributed by atoms with Gasteiger partial charge < -0.3 is 11.1 Å². The first-order valence-electron chi connectivity index (χ1n) is 10.9. The average Bonchev–Trinajstić information content (AvgIpc) is 2.76. The Bertz CT molecular complexity index is 1110. The van der Waals surface area contributed by atoms with Gasteiger partial charge >= 0.3 is 0 Å². The lowest BCUT2D eigenvalue weighted by molar-refractivity contribution is -0.145. The molecule has 0 radical (unpaired) electrons. The van der Waals surface area contributed by atoms with Crippen molar-refractivity contribution in [2.24, 2.45) is 28.9 Å². The van der Waals surface area contributed by atoms with Crippen molar-refractivity contribution < 1.29 is 18.0 Å². The quantitative estimate of drug-likeness (QED) is 0.578. The highest BCUT2D eigenvalue weighted by Gasteiger charge is 2.58. The van der Waals surface area contributed by atoms with E-state index in [1.165, 1.54) is 6.20 Å². The Morgan fingerprint density at radius 3 is 2.41 bits per heavy atom. The lowest BCUT2D eigenvalue weighted by Crippen LogP contribution is -2.62. The Kier molecular flexibility index (Phi) is 5.16. The Morgan fingerprint density at radius 1 is 1.06 bits per heavy atom. The van der Waals surface area contributed by atoms with Crippen molar-refractivity contribution in [3.8, 4) is 0 Å². The third-order valence-corrected chi connectivity index (χ3v) is 8.29. The maximum absolute atomic E-state index is 13.1. The largest absolute Gasteiger partial charge is 0.369 e. The van der Waals surface area contributed by atoms with Crippen molar-refractivity contribution in [3.63, 3.8) is 0 Å². The molecule has 0 saturated heterocycles. The number of nitrogens with zero attached hydrogens (tertiary/aromatic N) is 2. The number of primary amides is 1. The van der Waals surface area contributed by atoms with Gasteiger partial charge in [-0.2, -0.15) is 0 Å². The van der Waals surface area contributed by atoms with Gasteiger partial charge in [0, 0.05) is 23.2 Å². The lowest BCUT2D eigenvalue weighted by atomic mass is 9.47. The Hall–Kier alpha value is -2.94. The number of carbonyl (C=O) groups excluding carboxylic acids is 2. The van der Waals surface area contributed by atoms with E-state index in [1.807, 2.05) is 0 Å². The van der Waals surface area contributed by atoms with Gasteiger partial charge in [-0.25, -0.2) is 12.7 Å². The van der Waals surface area contributed by atoms with Crippen LogP contribution in [0, 0.1) is 23.2 Å². The maximum atomic E-state index is 13.1. The molecule has 3 N–H and O–H groups in total. The predicted octanol–water partition coefficient (Wildman–Crippen LogP) is 2.16. The van der Waals surface area contributed by atoms with E-state index >= 15 is 0 Å². The van der Waals surface area contributed by atoms with E-state index in [1.54, 1.807) is 42.6 Å². The number of nitrogens with two attached hydrogens (primary N) is 1. The number of aromatic nitrogens is 1. The second-order valence-electron chi connectivity index (χ2n) is 9.42. The number of pyridine rings is 1. The molecule has 1 heterocycles. The van der Waals surface area contributed by atoms with Crippen LogP contribution in [0.15, 0.2) is 48.8 Å². The monoisotopic (exact) mass is 454 g/mol. The molecule has 168 valence electrons. The predicted molar refractivity (Wildman–Crippen MR) is 120 cm³/mol. The van der Waals surface area contributed by atoms with Crippen LogP contribution in [0.1, 0.15) is 42.5 Å². The first-order valence-corrected chi connectivity index (χ1v) is 12.0. The molecule has 2 unspecified atom stereocenters. The van der Waals surface area contributed by atoms with Crippen molar-refractivity contribution >= 4 is 34.1 Å². The molecule has 2 atom stereocenters. The number of amides is 2. The number of thiol groups is 1. The average molecular weight is 455 g/mol. The summed E-state index contributed by atoms with van der Waals surface area (Å²) < 4.78 is 25.0. The zero-order chi connectivity index (χ0) is 22.5. The van der Waals surface area contributed by atoms with Crippen LogP contribution in [-0.2, 0) is 15.7 Å². The zero-order valence-corrected chi connectivity index (χ0v) is 18.4. The van der Waals surface area contributed by atoms with Gasteiger partial charge in [-0.05, 0) is 80.2 Å². The van der Waals surface area contributed by atoms with E-state index in [0.29, 0.717) is 22.9 Å². The lowest BCUT2D eigenvalue weighted by Gasteiger charge is -2.58. The minimum atomic E-state index is -2.97. The van der Waals surface area contributed by atoms with Gasteiger partial charge in [0.05, 0.1) is 17.6 Å². The van der Waals surface area contributed by atoms with Gasteiger partial charge in [-0.15, -0.1) is 0 Å². The minimum absolute atomic E-state index is 0.0146. The van der Waals surface area contributed by atoms with Gasteiger partial charge in [0.1, 0.15) is 0 Å². The van der Waals surface area contributed by atoms with Gasteiger partial charge in [0.2, 0.25) is 16.8 Å². The van der Waals surface area contributed by atoms with Gasteiger partial charge in [-0.3, -0.25) is 14.6 Å². The summed E-state index contributed by atoms with van der Waals surface area (Å²) in [5.74, 6) is 0.590. The molecular weight excluding hydrogens is 428 g/mol. The normalized spacial score (nSPS) is 30.3. The second kappa shape index (κ2) is 7.88. The summed E-state index contributed by atoms with van der Waals surface area (Å²) >= 11 is 0. The number of hydrogen-bond acceptors (Lipinski definition) is 5.